The molecule has 0 atom stereocenters. The number of aryl methyl sites for hydroxylation is 2. The summed E-state index contributed by atoms with van der Waals surface area (Å²) in [5.41, 5.74) is 0.871. The van der Waals surface area contributed by atoms with Crippen LogP contribution < -0.4 is 5.56 Å². The Balaban J connectivity index is 2.56. The van der Waals surface area contributed by atoms with Crippen molar-refractivity contribution in [3.8, 4) is 0 Å². The minimum absolute atomic E-state index is 0.00847. The Morgan fingerprint density at radius 1 is 1.00 bits per heavy atom. The predicted molar refractivity (Wildman–Crippen MR) is 70.9 cm³/mol. The largest absolute Gasteiger partial charge is 0.417 e. The lowest BCUT2D eigenvalue weighted by Crippen LogP contribution is -2.14. The lowest BCUT2D eigenvalue weighted by atomic mass is 10.0. The molecule has 3 rings (SSSR count). The predicted octanol–water partition coefficient (Wildman–Crippen LogP) is 3.65. The van der Waals surface area contributed by atoms with Crippen LogP contribution >= 0.6 is 0 Å². The average molecular weight is 280 g/mol. The van der Waals surface area contributed by atoms with E-state index in [9.17, 15) is 18.0 Å². The summed E-state index contributed by atoms with van der Waals surface area (Å²) < 4.78 is 39.1. The number of hydrogen-bond donors (Lipinski definition) is 2. The number of alkyl halides is 3. The van der Waals surface area contributed by atoms with Crippen molar-refractivity contribution in [2.45, 2.75) is 20.0 Å². The molecule has 0 saturated heterocycles. The Bertz CT molecular complexity index is 887. The van der Waals surface area contributed by atoms with Crippen LogP contribution in [0, 0.1) is 13.8 Å². The van der Waals surface area contributed by atoms with Crippen LogP contribution in [0.3, 0.4) is 0 Å². The maximum Gasteiger partial charge on any atom is 0.417 e. The number of aromatic amines is 2. The van der Waals surface area contributed by atoms with Gasteiger partial charge in [0.25, 0.3) is 0 Å². The van der Waals surface area contributed by atoms with Crippen molar-refractivity contribution in [3.05, 3.63) is 45.4 Å². The summed E-state index contributed by atoms with van der Waals surface area (Å²) in [6, 6.07) is 3.64. The van der Waals surface area contributed by atoms with Crippen molar-refractivity contribution >= 4 is 21.8 Å². The van der Waals surface area contributed by atoms with Crippen LogP contribution in [0.25, 0.3) is 21.8 Å². The first-order chi connectivity index (χ1) is 9.29. The number of nitrogens with one attached hydrogen (secondary N) is 2. The van der Waals surface area contributed by atoms with Crippen LogP contribution in [-0.2, 0) is 6.18 Å². The van der Waals surface area contributed by atoms with Crippen molar-refractivity contribution in [2.75, 3.05) is 0 Å². The highest BCUT2D eigenvalue weighted by Gasteiger charge is 2.33. The number of benzene rings is 1. The Labute approximate surface area is 111 Å². The zero-order valence-electron chi connectivity index (χ0n) is 10.8. The smallest absolute Gasteiger partial charge is 0.357 e. The molecule has 0 amide bonds. The van der Waals surface area contributed by atoms with E-state index in [-0.39, 0.29) is 10.9 Å². The van der Waals surface area contributed by atoms with Gasteiger partial charge in [0.1, 0.15) is 0 Å². The number of H-pyrrole nitrogens is 2. The lowest BCUT2D eigenvalue weighted by molar-refractivity contribution is -0.136. The van der Waals surface area contributed by atoms with E-state index >= 15 is 0 Å². The van der Waals surface area contributed by atoms with Crippen LogP contribution in [0.5, 0.6) is 0 Å². The average Bonchev–Trinajstić information content (AvgIpc) is 2.64. The highest BCUT2D eigenvalue weighted by atomic mass is 19.4. The van der Waals surface area contributed by atoms with E-state index in [2.05, 4.69) is 9.97 Å². The zero-order valence-corrected chi connectivity index (χ0v) is 10.8. The van der Waals surface area contributed by atoms with Crippen molar-refractivity contribution < 1.29 is 13.2 Å². The number of halogens is 3. The molecule has 2 N–H and O–H groups in total. The number of rotatable bonds is 0. The molecule has 3 aromatic rings. The molecule has 0 aliphatic rings. The van der Waals surface area contributed by atoms with Gasteiger partial charge in [-0.2, -0.15) is 13.2 Å². The fourth-order valence-electron chi connectivity index (χ4n) is 2.49. The summed E-state index contributed by atoms with van der Waals surface area (Å²) in [5.74, 6) is 0. The molecule has 0 fully saturated rings. The third kappa shape index (κ3) is 1.71. The molecule has 0 aliphatic carbocycles. The van der Waals surface area contributed by atoms with Gasteiger partial charge in [-0.15, -0.1) is 0 Å². The third-order valence-corrected chi connectivity index (χ3v) is 3.60. The monoisotopic (exact) mass is 280 g/mol. The first-order valence-electron chi connectivity index (χ1n) is 6.01. The van der Waals surface area contributed by atoms with Crippen molar-refractivity contribution in [2.24, 2.45) is 0 Å². The van der Waals surface area contributed by atoms with Crippen LogP contribution in [-0.4, -0.2) is 9.97 Å². The van der Waals surface area contributed by atoms with Crippen molar-refractivity contribution in [1.82, 2.24) is 9.97 Å². The minimum Gasteiger partial charge on any atom is -0.357 e. The second-order valence-electron chi connectivity index (χ2n) is 4.83. The van der Waals surface area contributed by atoms with Gasteiger partial charge in [-0.1, -0.05) is 12.1 Å². The van der Waals surface area contributed by atoms with Gasteiger partial charge in [0.2, 0.25) is 5.56 Å². The van der Waals surface area contributed by atoms with Crippen LogP contribution in [0.15, 0.2) is 23.0 Å². The Kier molecular flexibility index (Phi) is 2.48. The second-order valence-corrected chi connectivity index (χ2v) is 4.83. The molecule has 3 nitrogen and oxygen atoms in total. The van der Waals surface area contributed by atoms with Crippen LogP contribution in [0.4, 0.5) is 13.2 Å². The number of fused-ring (bicyclic) bond motifs is 3. The fraction of sp³-hybridized carbons (Fsp3) is 0.214. The number of hydrogen-bond acceptors (Lipinski definition) is 1. The fourth-order valence-corrected chi connectivity index (χ4v) is 2.49. The molecule has 0 unspecified atom stereocenters. The molecular formula is C14H11F3N2O. The summed E-state index contributed by atoms with van der Waals surface area (Å²) in [6.45, 7) is 3.72. The van der Waals surface area contributed by atoms with E-state index in [1.165, 1.54) is 6.07 Å². The van der Waals surface area contributed by atoms with Gasteiger partial charge in [-0.3, -0.25) is 4.79 Å². The van der Waals surface area contributed by atoms with Gasteiger partial charge in [0.05, 0.1) is 16.6 Å². The van der Waals surface area contributed by atoms with E-state index in [4.69, 9.17) is 0 Å². The van der Waals surface area contributed by atoms with Gasteiger partial charge >= 0.3 is 6.18 Å². The Morgan fingerprint density at radius 3 is 2.25 bits per heavy atom. The van der Waals surface area contributed by atoms with E-state index in [0.29, 0.717) is 11.6 Å². The highest BCUT2D eigenvalue weighted by molar-refractivity contribution is 6.05. The first kappa shape index (κ1) is 12.8. The van der Waals surface area contributed by atoms with Gasteiger partial charge in [-0.25, -0.2) is 0 Å². The minimum atomic E-state index is -4.56. The normalized spacial score (nSPS) is 12.4. The summed E-state index contributed by atoms with van der Waals surface area (Å²) >= 11 is 0. The third-order valence-electron chi connectivity index (χ3n) is 3.60. The SMILES string of the molecule is Cc1[nH]c2c(ccc3c(C(F)(F)F)cc(=O)[nH]c32)c1C. The topological polar surface area (TPSA) is 48.6 Å². The number of pyridine rings is 1. The molecule has 2 heterocycles. The molecular weight excluding hydrogens is 269 g/mol. The molecule has 0 aliphatic heterocycles. The number of aromatic nitrogens is 2. The molecule has 2 aromatic heterocycles. The molecule has 0 saturated carbocycles. The van der Waals surface area contributed by atoms with Gasteiger partial charge in [-0.05, 0) is 19.4 Å². The van der Waals surface area contributed by atoms with E-state index < -0.39 is 17.3 Å². The molecule has 0 radical (unpaired) electrons. The standard InChI is InChI=1S/C14H11F3N2O/c1-6-7(2)18-12-8(6)3-4-9-10(14(15,16)17)5-11(20)19-13(9)12/h3-5,18H,1-2H3,(H,19,20). The second kappa shape index (κ2) is 3.88. The molecule has 1 aromatic carbocycles. The van der Waals surface area contributed by atoms with Crippen molar-refractivity contribution in [1.29, 1.82) is 0 Å². The quantitative estimate of drug-likeness (QED) is 0.649. The van der Waals surface area contributed by atoms with Crippen LogP contribution in [0.2, 0.25) is 0 Å². The van der Waals surface area contributed by atoms with Gasteiger partial charge in [0.15, 0.2) is 0 Å². The lowest BCUT2D eigenvalue weighted by Gasteiger charge is -2.10. The van der Waals surface area contributed by atoms with Gasteiger partial charge < -0.3 is 9.97 Å². The molecule has 20 heavy (non-hydrogen) atoms. The molecule has 6 heteroatoms. The molecule has 0 spiro atoms. The summed E-state index contributed by atoms with van der Waals surface area (Å²) in [4.78, 5) is 17.1. The Morgan fingerprint density at radius 2 is 1.60 bits per heavy atom. The van der Waals surface area contributed by atoms with E-state index in [1.54, 1.807) is 6.07 Å². The maximum absolute atomic E-state index is 13.0. The van der Waals surface area contributed by atoms with Crippen molar-refractivity contribution in [3.63, 3.8) is 0 Å². The molecule has 104 valence electrons. The van der Waals surface area contributed by atoms with Gasteiger partial charge in [0, 0.05) is 22.5 Å². The summed E-state index contributed by atoms with van der Waals surface area (Å²) in [7, 11) is 0. The maximum atomic E-state index is 13.0. The first-order valence-corrected chi connectivity index (χ1v) is 6.01. The zero-order chi connectivity index (χ0) is 14.7. The van der Waals surface area contributed by atoms with Crippen LogP contribution in [0.1, 0.15) is 16.8 Å². The van der Waals surface area contributed by atoms with E-state index in [0.717, 1.165) is 16.6 Å². The summed E-state index contributed by atoms with van der Waals surface area (Å²) in [6.07, 6.45) is -4.56. The summed E-state index contributed by atoms with van der Waals surface area (Å²) in [5, 5.41) is 0.802. The Hall–Kier alpha value is -2.24. The molecule has 0 bridgehead atoms. The highest BCUT2D eigenvalue weighted by Crippen LogP contribution is 2.36. The van der Waals surface area contributed by atoms with E-state index in [1.807, 2.05) is 13.8 Å².